The average Bonchev–Trinajstić information content (AvgIpc) is 3.22. The van der Waals surface area contributed by atoms with Crippen LogP contribution in [0.4, 0.5) is 0 Å². The van der Waals surface area contributed by atoms with E-state index in [1.54, 1.807) is 6.92 Å². The summed E-state index contributed by atoms with van der Waals surface area (Å²) in [5, 5.41) is 11.7. The lowest BCUT2D eigenvalue weighted by Gasteiger charge is -2.32. The maximum atomic E-state index is 11.9. The zero-order valence-electron chi connectivity index (χ0n) is 10.9. The van der Waals surface area contributed by atoms with Gasteiger partial charge in [0.25, 0.3) is 0 Å². The Kier molecular flexibility index (Phi) is 4.22. The van der Waals surface area contributed by atoms with Crippen LogP contribution in [-0.4, -0.2) is 47.6 Å². The molecule has 1 saturated carbocycles. The molecule has 0 aromatic carbocycles. The van der Waals surface area contributed by atoms with E-state index >= 15 is 0 Å². The molecule has 1 aliphatic carbocycles. The summed E-state index contributed by atoms with van der Waals surface area (Å²) in [6, 6.07) is -0.191. The molecule has 1 atom stereocenters. The van der Waals surface area contributed by atoms with Gasteiger partial charge in [-0.05, 0) is 32.6 Å². The van der Waals surface area contributed by atoms with Crippen molar-refractivity contribution in [2.75, 3.05) is 19.7 Å². The number of nitrogens with one attached hydrogen (secondary N) is 1. The Morgan fingerprint density at radius 1 is 1.22 bits per heavy atom. The van der Waals surface area contributed by atoms with Gasteiger partial charge in [0, 0.05) is 31.0 Å². The van der Waals surface area contributed by atoms with Crippen molar-refractivity contribution in [1.82, 2.24) is 10.2 Å². The summed E-state index contributed by atoms with van der Waals surface area (Å²) < 4.78 is 0. The smallest absolute Gasteiger partial charge is 0.225 e. The highest BCUT2D eigenvalue weighted by atomic mass is 16.3. The predicted molar refractivity (Wildman–Crippen MR) is 66.7 cm³/mol. The third-order valence-corrected chi connectivity index (χ3v) is 3.77. The number of carbonyl (C=O) groups excluding carboxylic acids is 2. The fourth-order valence-corrected chi connectivity index (χ4v) is 2.36. The molecular weight excluding hydrogens is 232 g/mol. The molecule has 2 amide bonds. The van der Waals surface area contributed by atoms with E-state index in [9.17, 15) is 9.59 Å². The number of likely N-dealkylation sites (tertiary alicyclic amines) is 1. The van der Waals surface area contributed by atoms with E-state index in [1.807, 2.05) is 4.90 Å². The van der Waals surface area contributed by atoms with Crippen LogP contribution >= 0.6 is 0 Å². The molecular formula is C13H22N2O3. The third kappa shape index (κ3) is 3.22. The van der Waals surface area contributed by atoms with Gasteiger partial charge in [-0.2, -0.15) is 0 Å². The second-order valence-electron chi connectivity index (χ2n) is 5.47. The summed E-state index contributed by atoms with van der Waals surface area (Å²) in [5.74, 6) is 0.541. The van der Waals surface area contributed by atoms with Crippen LogP contribution in [-0.2, 0) is 9.59 Å². The van der Waals surface area contributed by atoms with E-state index in [0.29, 0.717) is 13.1 Å². The highest BCUT2D eigenvalue weighted by Crippen LogP contribution is 2.32. The number of aliphatic hydroxyl groups excluding tert-OH is 1. The summed E-state index contributed by atoms with van der Waals surface area (Å²) in [7, 11) is 0. The number of aliphatic hydroxyl groups is 1. The Hall–Kier alpha value is -1.10. The number of hydrogen-bond acceptors (Lipinski definition) is 3. The molecule has 0 spiro atoms. The van der Waals surface area contributed by atoms with E-state index in [1.165, 1.54) is 0 Å². The predicted octanol–water partition coefficient (Wildman–Crippen LogP) is 0.132. The summed E-state index contributed by atoms with van der Waals surface area (Å²) in [6.45, 7) is 3.14. The first kappa shape index (κ1) is 13.3. The molecule has 1 saturated heterocycles. The molecule has 0 bridgehead atoms. The second kappa shape index (κ2) is 5.69. The van der Waals surface area contributed by atoms with Gasteiger partial charge in [-0.1, -0.05) is 0 Å². The molecule has 0 radical (unpaired) electrons. The van der Waals surface area contributed by atoms with Gasteiger partial charge < -0.3 is 15.3 Å². The van der Waals surface area contributed by atoms with Crippen LogP contribution in [0.15, 0.2) is 0 Å². The maximum Gasteiger partial charge on any atom is 0.225 e. The van der Waals surface area contributed by atoms with Gasteiger partial charge in [0.1, 0.15) is 0 Å². The largest absolute Gasteiger partial charge is 0.394 e. The van der Waals surface area contributed by atoms with Gasteiger partial charge >= 0.3 is 0 Å². The van der Waals surface area contributed by atoms with Crippen molar-refractivity contribution in [3.63, 3.8) is 0 Å². The number of nitrogens with zero attached hydrogens (tertiary/aromatic N) is 1. The van der Waals surface area contributed by atoms with Crippen LogP contribution in [0.2, 0.25) is 0 Å². The van der Waals surface area contributed by atoms with Gasteiger partial charge in [-0.25, -0.2) is 0 Å². The first-order valence-electron chi connectivity index (χ1n) is 6.82. The lowest BCUT2D eigenvalue weighted by atomic mass is 9.95. The molecule has 2 N–H and O–H groups in total. The van der Waals surface area contributed by atoms with Gasteiger partial charge in [-0.3, -0.25) is 9.59 Å². The van der Waals surface area contributed by atoms with Crippen LogP contribution in [0.5, 0.6) is 0 Å². The zero-order chi connectivity index (χ0) is 13.1. The SMILES string of the molecule is C[C@H](CO)NC(=O)C1CCN(C(=O)C2CC2)CC1. The molecule has 0 aromatic rings. The van der Waals surface area contributed by atoms with E-state index in [0.717, 1.165) is 25.7 Å². The quantitative estimate of drug-likeness (QED) is 0.749. The second-order valence-corrected chi connectivity index (χ2v) is 5.47. The molecule has 1 aliphatic heterocycles. The Morgan fingerprint density at radius 3 is 2.33 bits per heavy atom. The molecule has 0 unspecified atom stereocenters. The number of piperidine rings is 1. The lowest BCUT2D eigenvalue weighted by molar-refractivity contribution is -0.136. The van der Waals surface area contributed by atoms with Crippen molar-refractivity contribution in [3.05, 3.63) is 0 Å². The first-order valence-corrected chi connectivity index (χ1v) is 6.82. The minimum atomic E-state index is -0.191. The summed E-state index contributed by atoms with van der Waals surface area (Å²) in [5.41, 5.74) is 0. The molecule has 2 fully saturated rings. The van der Waals surface area contributed by atoms with Gasteiger partial charge in [0.15, 0.2) is 0 Å². The van der Waals surface area contributed by atoms with Crippen molar-refractivity contribution >= 4 is 11.8 Å². The average molecular weight is 254 g/mol. The number of hydrogen-bond donors (Lipinski definition) is 2. The van der Waals surface area contributed by atoms with Crippen LogP contribution in [0.25, 0.3) is 0 Å². The molecule has 2 rings (SSSR count). The number of amides is 2. The van der Waals surface area contributed by atoms with Crippen LogP contribution in [0.1, 0.15) is 32.6 Å². The van der Waals surface area contributed by atoms with Crippen molar-refractivity contribution in [1.29, 1.82) is 0 Å². The molecule has 5 nitrogen and oxygen atoms in total. The zero-order valence-corrected chi connectivity index (χ0v) is 10.9. The Bertz CT molecular complexity index is 320. The highest BCUT2D eigenvalue weighted by Gasteiger charge is 2.35. The molecule has 5 heteroatoms. The fourth-order valence-electron chi connectivity index (χ4n) is 2.36. The molecule has 102 valence electrons. The van der Waals surface area contributed by atoms with Crippen LogP contribution in [0, 0.1) is 11.8 Å². The molecule has 0 aromatic heterocycles. The molecule has 2 aliphatic rings. The van der Waals surface area contributed by atoms with Crippen molar-refractivity contribution < 1.29 is 14.7 Å². The lowest BCUT2D eigenvalue weighted by Crippen LogP contribution is -2.45. The van der Waals surface area contributed by atoms with Gasteiger partial charge in [0.2, 0.25) is 11.8 Å². The molecule has 18 heavy (non-hydrogen) atoms. The van der Waals surface area contributed by atoms with E-state index in [2.05, 4.69) is 5.32 Å². The van der Waals surface area contributed by atoms with Crippen molar-refractivity contribution in [2.24, 2.45) is 11.8 Å². The summed E-state index contributed by atoms with van der Waals surface area (Å²) >= 11 is 0. The Labute approximate surface area is 108 Å². The first-order chi connectivity index (χ1) is 8.61. The van der Waals surface area contributed by atoms with Crippen molar-refractivity contribution in [2.45, 2.75) is 38.6 Å². The number of rotatable bonds is 4. The Morgan fingerprint density at radius 2 is 1.83 bits per heavy atom. The maximum absolute atomic E-state index is 11.9. The summed E-state index contributed by atoms with van der Waals surface area (Å²) in [4.78, 5) is 25.6. The van der Waals surface area contributed by atoms with Gasteiger partial charge in [-0.15, -0.1) is 0 Å². The van der Waals surface area contributed by atoms with E-state index in [-0.39, 0.29) is 36.3 Å². The monoisotopic (exact) mass is 254 g/mol. The number of carbonyl (C=O) groups is 2. The molecule has 1 heterocycles. The van der Waals surface area contributed by atoms with Crippen LogP contribution < -0.4 is 5.32 Å². The van der Waals surface area contributed by atoms with Crippen molar-refractivity contribution in [3.8, 4) is 0 Å². The minimum absolute atomic E-state index is 0.00932. The minimum Gasteiger partial charge on any atom is -0.394 e. The standard InChI is InChI=1S/C13H22N2O3/c1-9(8-16)14-12(17)10-4-6-15(7-5-10)13(18)11-2-3-11/h9-11,16H,2-8H2,1H3,(H,14,17)/t9-/m1/s1. The summed E-state index contributed by atoms with van der Waals surface area (Å²) in [6.07, 6.45) is 3.55. The normalized spacial score (nSPS) is 22.7. The van der Waals surface area contributed by atoms with E-state index < -0.39 is 0 Å². The Balaban J connectivity index is 1.75. The van der Waals surface area contributed by atoms with Gasteiger partial charge in [0.05, 0.1) is 6.61 Å². The van der Waals surface area contributed by atoms with Crippen LogP contribution in [0.3, 0.4) is 0 Å². The topological polar surface area (TPSA) is 69.6 Å². The highest BCUT2D eigenvalue weighted by molar-refractivity contribution is 5.82. The van der Waals surface area contributed by atoms with E-state index in [4.69, 9.17) is 5.11 Å². The fraction of sp³-hybridized carbons (Fsp3) is 0.846. The third-order valence-electron chi connectivity index (χ3n) is 3.77.